The predicted molar refractivity (Wildman–Crippen MR) is 92.0 cm³/mol. The van der Waals surface area contributed by atoms with Crippen molar-refractivity contribution < 1.29 is 9.53 Å². The van der Waals surface area contributed by atoms with E-state index in [9.17, 15) is 4.79 Å². The number of benzene rings is 1. The van der Waals surface area contributed by atoms with Crippen LogP contribution in [0.15, 0.2) is 42.7 Å². The number of amides is 1. The maximum absolute atomic E-state index is 12.8. The van der Waals surface area contributed by atoms with Crippen LogP contribution in [0.4, 0.5) is 0 Å². The van der Waals surface area contributed by atoms with Crippen LogP contribution < -0.4 is 15.4 Å². The fraction of sp³-hybridized carbons (Fsp3) is 0.444. The normalized spacial score (nSPS) is 16.5. The summed E-state index contributed by atoms with van der Waals surface area (Å²) >= 11 is 0. The predicted octanol–water partition coefficient (Wildman–Crippen LogP) is 1.47. The lowest BCUT2D eigenvalue weighted by molar-refractivity contribution is -0.132. The van der Waals surface area contributed by atoms with Crippen LogP contribution in [0.3, 0.4) is 0 Å². The Morgan fingerprint density at radius 3 is 2.83 bits per heavy atom. The summed E-state index contributed by atoms with van der Waals surface area (Å²) in [5, 5.41) is 10.6. The van der Waals surface area contributed by atoms with E-state index in [2.05, 4.69) is 15.7 Å². The lowest BCUT2D eigenvalue weighted by Crippen LogP contribution is -2.55. The van der Waals surface area contributed by atoms with E-state index in [1.807, 2.05) is 43.5 Å². The number of para-hydroxylation sites is 1. The van der Waals surface area contributed by atoms with Crippen LogP contribution in [0.5, 0.6) is 5.75 Å². The number of hydrogen-bond donors (Lipinski definition) is 2. The van der Waals surface area contributed by atoms with Crippen molar-refractivity contribution in [2.75, 3.05) is 26.2 Å². The zero-order valence-electron chi connectivity index (χ0n) is 14.0. The monoisotopic (exact) mass is 328 g/mol. The van der Waals surface area contributed by atoms with Gasteiger partial charge < -0.3 is 15.4 Å². The number of nitrogens with one attached hydrogen (secondary N) is 2. The van der Waals surface area contributed by atoms with Crippen molar-refractivity contribution in [2.24, 2.45) is 0 Å². The molecule has 2 aromatic rings. The second kappa shape index (κ2) is 7.49. The van der Waals surface area contributed by atoms with E-state index >= 15 is 0 Å². The molecule has 1 amide bonds. The fourth-order valence-electron chi connectivity index (χ4n) is 3.13. The molecule has 0 bridgehead atoms. The van der Waals surface area contributed by atoms with Gasteiger partial charge in [0.2, 0.25) is 5.91 Å². The van der Waals surface area contributed by atoms with Gasteiger partial charge in [-0.15, -0.1) is 0 Å². The molecule has 128 valence electrons. The summed E-state index contributed by atoms with van der Waals surface area (Å²) < 4.78 is 7.55. The van der Waals surface area contributed by atoms with Gasteiger partial charge >= 0.3 is 0 Å². The van der Waals surface area contributed by atoms with E-state index in [0.29, 0.717) is 13.2 Å². The first-order valence-electron chi connectivity index (χ1n) is 8.40. The number of aryl methyl sites for hydroxylation is 1. The molecule has 1 saturated heterocycles. The molecule has 0 atom stereocenters. The SMILES string of the molecule is Cc1ccccc1OCCNC(=O)C1(n2cccn2)CCNCC1. The molecular formula is C18H24N4O2. The van der Waals surface area contributed by atoms with E-state index in [1.165, 1.54) is 0 Å². The lowest BCUT2D eigenvalue weighted by atomic mass is 9.87. The first-order valence-corrected chi connectivity index (χ1v) is 8.40. The van der Waals surface area contributed by atoms with Crippen LogP contribution in [0, 0.1) is 6.92 Å². The molecule has 1 aromatic heterocycles. The first-order chi connectivity index (χ1) is 11.7. The highest BCUT2D eigenvalue weighted by Gasteiger charge is 2.41. The van der Waals surface area contributed by atoms with Gasteiger partial charge in [-0.05, 0) is 50.6 Å². The van der Waals surface area contributed by atoms with Crippen molar-refractivity contribution in [2.45, 2.75) is 25.3 Å². The molecule has 1 fully saturated rings. The minimum absolute atomic E-state index is 0.0149. The minimum Gasteiger partial charge on any atom is -0.491 e. The van der Waals surface area contributed by atoms with Gasteiger partial charge in [0.15, 0.2) is 0 Å². The number of hydrogen-bond acceptors (Lipinski definition) is 4. The van der Waals surface area contributed by atoms with E-state index in [0.717, 1.165) is 37.2 Å². The van der Waals surface area contributed by atoms with Gasteiger partial charge in [-0.3, -0.25) is 9.48 Å². The second-order valence-electron chi connectivity index (χ2n) is 6.10. The summed E-state index contributed by atoms with van der Waals surface area (Å²) in [6.07, 6.45) is 5.06. The van der Waals surface area contributed by atoms with Crippen molar-refractivity contribution in [3.05, 3.63) is 48.3 Å². The van der Waals surface area contributed by atoms with Gasteiger partial charge in [-0.1, -0.05) is 18.2 Å². The summed E-state index contributed by atoms with van der Waals surface area (Å²) in [4.78, 5) is 12.8. The fourth-order valence-corrected chi connectivity index (χ4v) is 3.13. The Bertz CT molecular complexity index is 663. The molecule has 2 N–H and O–H groups in total. The van der Waals surface area contributed by atoms with Crippen LogP contribution in [-0.4, -0.2) is 41.9 Å². The molecule has 0 unspecified atom stereocenters. The van der Waals surface area contributed by atoms with Crippen LogP contribution in [-0.2, 0) is 10.3 Å². The molecule has 24 heavy (non-hydrogen) atoms. The molecule has 0 radical (unpaired) electrons. The first kappa shape index (κ1) is 16.5. The number of ether oxygens (including phenoxy) is 1. The Kier molecular flexibility index (Phi) is 5.15. The topological polar surface area (TPSA) is 68.2 Å². The Labute approximate surface area is 142 Å². The van der Waals surface area contributed by atoms with Crippen LogP contribution in [0.2, 0.25) is 0 Å². The molecule has 0 saturated carbocycles. The quantitative estimate of drug-likeness (QED) is 0.788. The average Bonchev–Trinajstić information content (AvgIpc) is 3.15. The van der Waals surface area contributed by atoms with Crippen LogP contribution in [0.25, 0.3) is 0 Å². The third-order valence-electron chi connectivity index (χ3n) is 4.54. The summed E-state index contributed by atoms with van der Waals surface area (Å²) in [5.41, 5.74) is 0.493. The highest BCUT2D eigenvalue weighted by Crippen LogP contribution is 2.27. The Morgan fingerprint density at radius 1 is 1.33 bits per heavy atom. The molecular weight excluding hydrogens is 304 g/mol. The highest BCUT2D eigenvalue weighted by molar-refractivity contribution is 5.84. The molecule has 1 aliphatic heterocycles. The number of aromatic nitrogens is 2. The summed E-state index contributed by atoms with van der Waals surface area (Å²) in [5.74, 6) is 0.872. The van der Waals surface area contributed by atoms with Gasteiger partial charge in [-0.2, -0.15) is 5.10 Å². The van der Waals surface area contributed by atoms with E-state index in [-0.39, 0.29) is 5.91 Å². The largest absolute Gasteiger partial charge is 0.491 e. The molecule has 1 aromatic carbocycles. The van der Waals surface area contributed by atoms with E-state index in [4.69, 9.17) is 4.74 Å². The third-order valence-corrected chi connectivity index (χ3v) is 4.54. The Balaban J connectivity index is 1.57. The average molecular weight is 328 g/mol. The molecule has 2 heterocycles. The highest BCUT2D eigenvalue weighted by atomic mass is 16.5. The number of carbonyl (C=O) groups is 1. The molecule has 3 rings (SSSR count). The number of piperidine rings is 1. The van der Waals surface area contributed by atoms with Crippen molar-refractivity contribution in [1.29, 1.82) is 0 Å². The number of rotatable bonds is 6. The molecule has 0 spiro atoms. The van der Waals surface area contributed by atoms with Crippen molar-refractivity contribution in [3.8, 4) is 5.75 Å². The van der Waals surface area contributed by atoms with Gasteiger partial charge in [-0.25, -0.2) is 0 Å². The number of nitrogens with zero attached hydrogens (tertiary/aromatic N) is 2. The lowest BCUT2D eigenvalue weighted by Gasteiger charge is -2.36. The standard InChI is InChI=1S/C18H24N4O2/c1-15-5-2-3-6-16(15)24-14-12-20-17(23)18(7-10-19-11-8-18)22-13-4-9-21-22/h2-6,9,13,19H,7-8,10-12,14H2,1H3,(H,20,23). The third kappa shape index (κ3) is 3.43. The summed E-state index contributed by atoms with van der Waals surface area (Å²) in [6, 6.07) is 9.74. The van der Waals surface area contributed by atoms with Crippen LogP contribution >= 0.6 is 0 Å². The van der Waals surface area contributed by atoms with E-state index < -0.39 is 5.54 Å². The molecule has 1 aliphatic rings. The van der Waals surface area contributed by atoms with Crippen molar-refractivity contribution in [1.82, 2.24) is 20.4 Å². The number of carbonyl (C=O) groups excluding carboxylic acids is 1. The zero-order valence-corrected chi connectivity index (χ0v) is 14.0. The summed E-state index contributed by atoms with van der Waals surface area (Å²) in [6.45, 7) is 4.56. The summed E-state index contributed by atoms with van der Waals surface area (Å²) in [7, 11) is 0. The molecule has 6 heteroatoms. The zero-order chi connectivity index (χ0) is 16.8. The van der Waals surface area contributed by atoms with Gasteiger partial charge in [0.25, 0.3) is 0 Å². The molecule has 6 nitrogen and oxygen atoms in total. The Morgan fingerprint density at radius 2 is 2.12 bits per heavy atom. The smallest absolute Gasteiger partial charge is 0.248 e. The maximum atomic E-state index is 12.8. The van der Waals surface area contributed by atoms with E-state index in [1.54, 1.807) is 10.9 Å². The van der Waals surface area contributed by atoms with Gasteiger partial charge in [0.05, 0.1) is 6.54 Å². The minimum atomic E-state index is -0.600. The second-order valence-corrected chi connectivity index (χ2v) is 6.10. The van der Waals surface area contributed by atoms with Crippen LogP contribution in [0.1, 0.15) is 18.4 Å². The maximum Gasteiger partial charge on any atom is 0.248 e. The van der Waals surface area contributed by atoms with Crippen molar-refractivity contribution >= 4 is 5.91 Å². The molecule has 0 aliphatic carbocycles. The van der Waals surface area contributed by atoms with Gasteiger partial charge in [0, 0.05) is 12.4 Å². The van der Waals surface area contributed by atoms with Crippen molar-refractivity contribution in [3.63, 3.8) is 0 Å². The Hall–Kier alpha value is -2.34. The van der Waals surface area contributed by atoms with Gasteiger partial charge in [0.1, 0.15) is 17.9 Å².